The van der Waals surface area contributed by atoms with Crippen molar-refractivity contribution >= 4 is 17.5 Å². The molecule has 6 nitrogen and oxygen atoms in total. The number of carbonyl (C=O) groups is 2. The van der Waals surface area contributed by atoms with Crippen LogP contribution in [0.1, 0.15) is 36.8 Å². The van der Waals surface area contributed by atoms with Crippen molar-refractivity contribution in [2.45, 2.75) is 37.6 Å². The van der Waals surface area contributed by atoms with Gasteiger partial charge in [0.15, 0.2) is 0 Å². The van der Waals surface area contributed by atoms with Crippen LogP contribution in [-0.4, -0.2) is 36.6 Å². The first-order valence-electron chi connectivity index (χ1n) is 9.85. The largest absolute Gasteiger partial charge is 0.381 e. The lowest BCUT2D eigenvalue weighted by Gasteiger charge is -2.36. The standard InChI is InChI=1S/C22H25N3O3/c26-20-7-4-10-25(20)19-13-17(14-23-16-19)15-24-21(27)22(8-11-28-12-9-22)18-5-2-1-3-6-18/h1-3,5-6,13-14,16H,4,7-12,15H2,(H,24,27). The van der Waals surface area contributed by atoms with Gasteiger partial charge in [-0.1, -0.05) is 30.3 Å². The van der Waals surface area contributed by atoms with Gasteiger partial charge in [-0.15, -0.1) is 0 Å². The first kappa shape index (κ1) is 18.6. The molecule has 2 aliphatic rings. The maximum atomic E-state index is 13.2. The SMILES string of the molecule is O=C1CCCN1c1cncc(CNC(=O)C2(c3ccccc3)CCOCC2)c1. The quantitative estimate of drug-likeness (QED) is 0.867. The number of rotatable bonds is 5. The molecule has 0 atom stereocenters. The molecule has 4 rings (SSSR count). The highest BCUT2D eigenvalue weighted by Gasteiger charge is 2.41. The molecule has 3 heterocycles. The van der Waals surface area contributed by atoms with Crippen molar-refractivity contribution in [3.05, 3.63) is 59.9 Å². The minimum Gasteiger partial charge on any atom is -0.381 e. The predicted molar refractivity (Wildman–Crippen MR) is 106 cm³/mol. The lowest BCUT2D eigenvalue weighted by Crippen LogP contribution is -2.47. The van der Waals surface area contributed by atoms with Gasteiger partial charge in [0, 0.05) is 38.9 Å². The molecule has 0 radical (unpaired) electrons. The topological polar surface area (TPSA) is 71.5 Å². The number of anilines is 1. The summed E-state index contributed by atoms with van der Waals surface area (Å²) in [4.78, 5) is 31.2. The highest BCUT2D eigenvalue weighted by Crippen LogP contribution is 2.35. The summed E-state index contributed by atoms with van der Waals surface area (Å²) < 4.78 is 5.51. The van der Waals surface area contributed by atoms with E-state index in [9.17, 15) is 9.59 Å². The summed E-state index contributed by atoms with van der Waals surface area (Å²) in [6, 6.07) is 11.9. The second kappa shape index (κ2) is 8.10. The monoisotopic (exact) mass is 379 g/mol. The van der Waals surface area contributed by atoms with E-state index < -0.39 is 5.41 Å². The van der Waals surface area contributed by atoms with Crippen molar-refractivity contribution in [2.24, 2.45) is 0 Å². The van der Waals surface area contributed by atoms with Crippen LogP contribution in [0.5, 0.6) is 0 Å². The molecule has 0 aliphatic carbocycles. The minimum atomic E-state index is -0.560. The average molecular weight is 379 g/mol. The Labute approximate surface area is 164 Å². The highest BCUT2D eigenvalue weighted by molar-refractivity contribution is 5.95. The van der Waals surface area contributed by atoms with Crippen LogP contribution in [0.25, 0.3) is 0 Å². The van der Waals surface area contributed by atoms with Gasteiger partial charge in [-0.2, -0.15) is 0 Å². The summed E-state index contributed by atoms with van der Waals surface area (Å²) in [5.41, 5.74) is 2.17. The summed E-state index contributed by atoms with van der Waals surface area (Å²) in [5, 5.41) is 3.10. The fourth-order valence-corrected chi connectivity index (χ4v) is 4.11. The molecule has 1 aromatic heterocycles. The van der Waals surface area contributed by atoms with Gasteiger partial charge in [0.05, 0.1) is 17.3 Å². The fourth-order valence-electron chi connectivity index (χ4n) is 4.11. The number of hydrogen-bond acceptors (Lipinski definition) is 4. The molecule has 0 unspecified atom stereocenters. The van der Waals surface area contributed by atoms with Crippen molar-refractivity contribution in [1.29, 1.82) is 0 Å². The number of amides is 2. The predicted octanol–water partition coefficient (Wildman–Crippen LogP) is 2.57. The molecule has 0 spiro atoms. The molecular formula is C22H25N3O3. The van der Waals surface area contributed by atoms with E-state index in [-0.39, 0.29) is 11.8 Å². The summed E-state index contributed by atoms with van der Waals surface area (Å²) in [6.07, 6.45) is 6.25. The normalized spacial score (nSPS) is 18.9. The number of nitrogens with one attached hydrogen (secondary N) is 1. The zero-order valence-corrected chi connectivity index (χ0v) is 15.9. The van der Waals surface area contributed by atoms with Gasteiger partial charge in [0.2, 0.25) is 11.8 Å². The second-order valence-electron chi connectivity index (χ2n) is 7.44. The molecule has 1 N–H and O–H groups in total. The number of benzene rings is 1. The van der Waals surface area contributed by atoms with Gasteiger partial charge in [-0.05, 0) is 36.5 Å². The third kappa shape index (κ3) is 3.64. The van der Waals surface area contributed by atoms with E-state index in [1.165, 1.54) is 0 Å². The van der Waals surface area contributed by atoms with E-state index in [4.69, 9.17) is 4.74 Å². The molecule has 0 saturated carbocycles. The van der Waals surface area contributed by atoms with Crippen molar-refractivity contribution in [3.8, 4) is 0 Å². The summed E-state index contributed by atoms with van der Waals surface area (Å²) in [7, 11) is 0. The number of pyridine rings is 1. The van der Waals surface area contributed by atoms with E-state index in [1.807, 2.05) is 36.4 Å². The first-order chi connectivity index (χ1) is 13.7. The number of nitrogens with zero attached hydrogens (tertiary/aromatic N) is 2. The Balaban J connectivity index is 1.49. The van der Waals surface area contributed by atoms with Crippen molar-refractivity contribution < 1.29 is 14.3 Å². The Bertz CT molecular complexity index is 847. The van der Waals surface area contributed by atoms with Crippen molar-refractivity contribution in [3.63, 3.8) is 0 Å². The van der Waals surface area contributed by atoms with E-state index in [1.54, 1.807) is 17.3 Å². The lowest BCUT2D eigenvalue weighted by molar-refractivity contribution is -0.130. The molecule has 0 bridgehead atoms. The van der Waals surface area contributed by atoms with Gasteiger partial charge in [-0.3, -0.25) is 14.6 Å². The molecule has 2 fully saturated rings. The average Bonchev–Trinajstić information content (AvgIpc) is 3.19. The molecule has 6 heteroatoms. The van der Waals surface area contributed by atoms with Gasteiger partial charge in [-0.25, -0.2) is 0 Å². The maximum absolute atomic E-state index is 13.2. The number of carbonyl (C=O) groups excluding carboxylic acids is 2. The molecule has 28 heavy (non-hydrogen) atoms. The van der Waals surface area contributed by atoms with Crippen LogP contribution in [0.4, 0.5) is 5.69 Å². The highest BCUT2D eigenvalue weighted by atomic mass is 16.5. The Morgan fingerprint density at radius 2 is 1.96 bits per heavy atom. The summed E-state index contributed by atoms with van der Waals surface area (Å²) in [6.45, 7) is 2.28. The summed E-state index contributed by atoms with van der Waals surface area (Å²) >= 11 is 0. The van der Waals surface area contributed by atoms with Crippen LogP contribution in [0, 0.1) is 0 Å². The van der Waals surface area contributed by atoms with Crippen molar-refractivity contribution in [2.75, 3.05) is 24.7 Å². The van der Waals surface area contributed by atoms with Gasteiger partial charge in [0.1, 0.15) is 0 Å². The van der Waals surface area contributed by atoms with Crippen LogP contribution in [0.2, 0.25) is 0 Å². The van der Waals surface area contributed by atoms with Crippen LogP contribution >= 0.6 is 0 Å². The maximum Gasteiger partial charge on any atom is 0.231 e. The molecule has 1 aromatic carbocycles. The van der Waals surface area contributed by atoms with Gasteiger partial charge in [0.25, 0.3) is 0 Å². The fraction of sp³-hybridized carbons (Fsp3) is 0.409. The third-order valence-corrected chi connectivity index (χ3v) is 5.73. The number of ether oxygens (including phenoxy) is 1. The first-order valence-corrected chi connectivity index (χ1v) is 9.85. The molecular weight excluding hydrogens is 354 g/mol. The Hall–Kier alpha value is -2.73. The Morgan fingerprint density at radius 3 is 2.68 bits per heavy atom. The van der Waals surface area contributed by atoms with Crippen LogP contribution < -0.4 is 10.2 Å². The van der Waals surface area contributed by atoms with E-state index in [2.05, 4.69) is 10.3 Å². The molecule has 146 valence electrons. The molecule has 2 amide bonds. The lowest BCUT2D eigenvalue weighted by atomic mass is 9.73. The second-order valence-corrected chi connectivity index (χ2v) is 7.44. The molecule has 2 aliphatic heterocycles. The van der Waals surface area contributed by atoms with Gasteiger partial charge < -0.3 is 15.0 Å². The Kier molecular flexibility index (Phi) is 5.39. The Morgan fingerprint density at radius 1 is 1.18 bits per heavy atom. The van der Waals surface area contributed by atoms with E-state index in [0.717, 1.165) is 29.8 Å². The zero-order chi connectivity index (χ0) is 19.4. The van der Waals surface area contributed by atoms with Crippen molar-refractivity contribution in [1.82, 2.24) is 10.3 Å². The van der Waals surface area contributed by atoms with E-state index >= 15 is 0 Å². The van der Waals surface area contributed by atoms with Crippen LogP contribution in [0.3, 0.4) is 0 Å². The minimum absolute atomic E-state index is 0.0182. The van der Waals surface area contributed by atoms with Crippen LogP contribution in [0.15, 0.2) is 48.8 Å². The smallest absolute Gasteiger partial charge is 0.231 e. The summed E-state index contributed by atoms with van der Waals surface area (Å²) in [5.74, 6) is 0.151. The van der Waals surface area contributed by atoms with Gasteiger partial charge >= 0.3 is 0 Å². The number of aromatic nitrogens is 1. The third-order valence-electron chi connectivity index (χ3n) is 5.73. The van der Waals surface area contributed by atoms with Crippen LogP contribution in [-0.2, 0) is 26.3 Å². The number of hydrogen-bond donors (Lipinski definition) is 1. The molecule has 2 aromatic rings. The zero-order valence-electron chi connectivity index (χ0n) is 15.9. The molecule has 2 saturated heterocycles. The van der Waals surface area contributed by atoms with E-state index in [0.29, 0.717) is 39.0 Å².